The van der Waals surface area contributed by atoms with Crippen molar-refractivity contribution in [2.75, 3.05) is 13.1 Å². The Kier molecular flexibility index (Phi) is 14.6. The third-order valence-electron chi connectivity index (χ3n) is 4.51. The van der Waals surface area contributed by atoms with Gasteiger partial charge in [0.2, 0.25) is 6.54 Å². The van der Waals surface area contributed by atoms with Crippen molar-refractivity contribution in [1.82, 2.24) is 5.32 Å². The zero-order chi connectivity index (χ0) is 22.6. The van der Waals surface area contributed by atoms with Crippen molar-refractivity contribution in [3.63, 3.8) is 0 Å². The van der Waals surface area contributed by atoms with Crippen molar-refractivity contribution in [3.05, 3.63) is 118 Å². The molecule has 0 fully saturated rings. The normalized spacial score (nSPS) is 9.55. The number of nitrogens with one attached hydrogen (secondary N) is 1. The first kappa shape index (κ1) is 25.7. The minimum atomic E-state index is -0.299. The number of carbonyl (C=O) groups is 1. The number of rotatable bonds is 10. The highest BCUT2D eigenvalue weighted by Gasteiger charge is 1.97. The molecule has 0 aliphatic heterocycles. The quantitative estimate of drug-likeness (QED) is 0.281. The maximum atomic E-state index is 9.98. The van der Waals surface area contributed by atoms with Gasteiger partial charge < -0.3 is 10.1 Å². The van der Waals surface area contributed by atoms with Crippen molar-refractivity contribution in [1.29, 1.82) is 0 Å². The van der Waals surface area contributed by atoms with Crippen LogP contribution in [-0.2, 0) is 24.2 Å². The average Bonchev–Trinajstić information content (AvgIpc) is 2.84. The SMILES string of the molecule is C=O.O=[N+]([O-])CCc1ccccc1.c1ccc(CCCCNCc2ccccc2)cc1. The topological polar surface area (TPSA) is 72.2 Å². The molecule has 3 aromatic rings. The van der Waals surface area contributed by atoms with Crippen molar-refractivity contribution in [2.45, 2.75) is 32.2 Å². The van der Waals surface area contributed by atoms with Gasteiger partial charge in [0.25, 0.3) is 0 Å². The van der Waals surface area contributed by atoms with Crippen LogP contribution in [0.3, 0.4) is 0 Å². The Labute approximate surface area is 185 Å². The molecular formula is C26H32N2O3. The fourth-order valence-electron chi connectivity index (χ4n) is 2.92. The van der Waals surface area contributed by atoms with Gasteiger partial charge >= 0.3 is 0 Å². The fraction of sp³-hybridized carbons (Fsp3) is 0.269. The van der Waals surface area contributed by atoms with E-state index in [1.165, 1.54) is 30.4 Å². The number of hydrogen-bond acceptors (Lipinski definition) is 4. The van der Waals surface area contributed by atoms with Crippen molar-refractivity contribution < 1.29 is 9.72 Å². The van der Waals surface area contributed by atoms with Crippen molar-refractivity contribution in [3.8, 4) is 0 Å². The second-order valence-corrected chi connectivity index (χ2v) is 6.90. The number of aryl methyl sites for hydroxylation is 1. The van der Waals surface area contributed by atoms with E-state index in [-0.39, 0.29) is 11.5 Å². The number of unbranched alkanes of at least 4 members (excludes halogenated alkanes) is 1. The van der Waals surface area contributed by atoms with Gasteiger partial charge in [-0.15, -0.1) is 0 Å². The molecular weight excluding hydrogens is 388 g/mol. The van der Waals surface area contributed by atoms with Crippen LogP contribution < -0.4 is 5.32 Å². The molecule has 3 rings (SSSR count). The largest absolute Gasteiger partial charge is 0.313 e. The predicted octanol–water partition coefficient (Wildman–Crippen LogP) is 5.12. The standard InChI is InChI=1S/C17H21N.C8H9NO2.CH2O/c1-3-9-16(10-4-1)11-7-8-14-18-15-17-12-5-2-6-13-17;10-9(11)7-6-8-4-2-1-3-5-8;1-2/h1-6,9-10,12-13,18H,7-8,11,14-15H2;1-5H,6-7H2;1H2. The molecule has 0 aromatic heterocycles. The zero-order valence-corrected chi connectivity index (χ0v) is 18.0. The van der Waals surface area contributed by atoms with E-state index >= 15 is 0 Å². The summed E-state index contributed by atoms with van der Waals surface area (Å²) in [6, 6.07) is 30.7. The van der Waals surface area contributed by atoms with E-state index in [4.69, 9.17) is 4.79 Å². The Morgan fingerprint density at radius 2 is 1.13 bits per heavy atom. The molecule has 0 saturated carbocycles. The first-order chi connectivity index (χ1) is 15.2. The highest BCUT2D eigenvalue weighted by Crippen LogP contribution is 2.04. The van der Waals surface area contributed by atoms with Crippen LogP contribution in [0.15, 0.2) is 91.0 Å². The summed E-state index contributed by atoms with van der Waals surface area (Å²) in [7, 11) is 0. The zero-order valence-electron chi connectivity index (χ0n) is 18.0. The van der Waals surface area contributed by atoms with Crippen molar-refractivity contribution >= 4 is 6.79 Å². The van der Waals surface area contributed by atoms with Crippen LogP contribution >= 0.6 is 0 Å². The van der Waals surface area contributed by atoms with Gasteiger partial charge in [-0.05, 0) is 42.5 Å². The number of hydrogen-bond donors (Lipinski definition) is 1. The smallest absolute Gasteiger partial charge is 0.207 e. The Morgan fingerprint density at radius 1 is 0.677 bits per heavy atom. The van der Waals surface area contributed by atoms with E-state index < -0.39 is 0 Å². The van der Waals surface area contributed by atoms with Gasteiger partial charge in [-0.1, -0.05) is 91.0 Å². The Morgan fingerprint density at radius 3 is 1.61 bits per heavy atom. The van der Waals surface area contributed by atoms with E-state index in [1.807, 2.05) is 37.1 Å². The van der Waals surface area contributed by atoms with Crippen LogP contribution in [0.5, 0.6) is 0 Å². The van der Waals surface area contributed by atoms with Crippen LogP contribution in [0.25, 0.3) is 0 Å². The molecule has 31 heavy (non-hydrogen) atoms. The summed E-state index contributed by atoms with van der Waals surface area (Å²) in [6.45, 7) is 4.10. The highest BCUT2D eigenvalue weighted by molar-refractivity contribution is 5.16. The monoisotopic (exact) mass is 420 g/mol. The van der Waals surface area contributed by atoms with E-state index in [0.29, 0.717) is 6.42 Å². The molecule has 0 bridgehead atoms. The number of nitro groups is 1. The average molecular weight is 421 g/mol. The third kappa shape index (κ3) is 13.5. The fourth-order valence-corrected chi connectivity index (χ4v) is 2.92. The van der Waals surface area contributed by atoms with E-state index in [9.17, 15) is 10.1 Å². The van der Waals surface area contributed by atoms with Gasteiger partial charge in [-0.2, -0.15) is 0 Å². The van der Waals surface area contributed by atoms with Gasteiger partial charge in [0.1, 0.15) is 6.79 Å². The van der Waals surface area contributed by atoms with E-state index in [2.05, 4.69) is 66.0 Å². The summed E-state index contributed by atoms with van der Waals surface area (Å²) in [5, 5.41) is 13.5. The molecule has 0 amide bonds. The van der Waals surface area contributed by atoms with Gasteiger partial charge in [0, 0.05) is 17.9 Å². The van der Waals surface area contributed by atoms with E-state index in [0.717, 1.165) is 18.7 Å². The lowest BCUT2D eigenvalue weighted by molar-refractivity contribution is -0.479. The minimum absolute atomic E-state index is 0.0179. The Hall–Kier alpha value is -3.31. The highest BCUT2D eigenvalue weighted by atomic mass is 16.6. The molecule has 0 heterocycles. The molecule has 5 heteroatoms. The second kappa shape index (κ2) is 17.5. The Balaban J connectivity index is 0.000000317. The minimum Gasteiger partial charge on any atom is -0.313 e. The van der Waals surface area contributed by atoms with Crippen LogP contribution in [-0.4, -0.2) is 24.8 Å². The summed E-state index contributed by atoms with van der Waals surface area (Å²) < 4.78 is 0. The van der Waals surface area contributed by atoms with Gasteiger partial charge in [0.15, 0.2) is 0 Å². The number of nitrogens with zero attached hydrogens (tertiary/aromatic N) is 1. The first-order valence-electron chi connectivity index (χ1n) is 10.5. The van der Waals surface area contributed by atoms with Crippen LogP contribution in [0.4, 0.5) is 0 Å². The second-order valence-electron chi connectivity index (χ2n) is 6.90. The molecule has 0 radical (unpaired) electrons. The first-order valence-corrected chi connectivity index (χ1v) is 10.5. The predicted molar refractivity (Wildman–Crippen MR) is 127 cm³/mol. The molecule has 1 N–H and O–H groups in total. The molecule has 0 saturated heterocycles. The van der Waals surface area contributed by atoms with Crippen LogP contribution in [0, 0.1) is 10.1 Å². The van der Waals surface area contributed by atoms with E-state index in [1.54, 1.807) is 0 Å². The van der Waals surface area contributed by atoms with Gasteiger partial charge in [0.05, 0.1) is 0 Å². The summed E-state index contributed by atoms with van der Waals surface area (Å²) in [5.41, 5.74) is 3.82. The molecule has 0 atom stereocenters. The van der Waals surface area contributed by atoms with Crippen LogP contribution in [0.1, 0.15) is 29.5 Å². The lowest BCUT2D eigenvalue weighted by Gasteiger charge is -2.05. The lowest BCUT2D eigenvalue weighted by atomic mass is 10.1. The molecule has 0 unspecified atom stereocenters. The molecule has 164 valence electrons. The lowest BCUT2D eigenvalue weighted by Crippen LogP contribution is -2.14. The summed E-state index contributed by atoms with van der Waals surface area (Å²) >= 11 is 0. The summed E-state index contributed by atoms with van der Waals surface area (Å²) in [4.78, 5) is 17.7. The van der Waals surface area contributed by atoms with Crippen LogP contribution in [0.2, 0.25) is 0 Å². The third-order valence-corrected chi connectivity index (χ3v) is 4.51. The molecule has 3 aromatic carbocycles. The van der Waals surface area contributed by atoms with Gasteiger partial charge in [-0.25, -0.2) is 0 Å². The molecule has 0 spiro atoms. The molecule has 5 nitrogen and oxygen atoms in total. The number of carbonyl (C=O) groups excluding carboxylic acids is 1. The summed E-state index contributed by atoms with van der Waals surface area (Å²) in [6.07, 6.45) is 4.20. The molecule has 0 aliphatic rings. The number of benzene rings is 3. The summed E-state index contributed by atoms with van der Waals surface area (Å²) in [5.74, 6) is 0. The maximum Gasteiger partial charge on any atom is 0.207 e. The maximum absolute atomic E-state index is 9.98. The van der Waals surface area contributed by atoms with Crippen molar-refractivity contribution in [2.24, 2.45) is 0 Å². The Bertz CT molecular complexity index is 768. The van der Waals surface area contributed by atoms with Gasteiger partial charge in [-0.3, -0.25) is 10.1 Å². The molecule has 0 aliphatic carbocycles.